The fourth-order valence-electron chi connectivity index (χ4n) is 3.61. The quantitative estimate of drug-likeness (QED) is 0.563. The number of hydrogen-bond acceptors (Lipinski definition) is 2. The van der Waals surface area contributed by atoms with Crippen molar-refractivity contribution in [3.8, 4) is 0 Å². The van der Waals surface area contributed by atoms with Crippen molar-refractivity contribution in [2.45, 2.75) is 20.0 Å². The van der Waals surface area contributed by atoms with Crippen molar-refractivity contribution in [1.82, 2.24) is 5.32 Å². The van der Waals surface area contributed by atoms with Crippen LogP contribution in [0, 0.1) is 6.92 Å². The van der Waals surface area contributed by atoms with E-state index in [0.717, 1.165) is 39.4 Å². The zero-order valence-corrected chi connectivity index (χ0v) is 16.5. The number of quaternary nitrogens is 1. The van der Waals surface area contributed by atoms with Crippen LogP contribution in [0.2, 0.25) is 0 Å². The van der Waals surface area contributed by atoms with Gasteiger partial charge in [-0.25, -0.2) is 0 Å². The number of hydrogen-bond donors (Lipinski definition) is 2. The van der Waals surface area contributed by atoms with Crippen molar-refractivity contribution in [1.29, 1.82) is 0 Å². The summed E-state index contributed by atoms with van der Waals surface area (Å²) in [7, 11) is 4.26. The molecule has 142 valence electrons. The molecule has 1 aromatic heterocycles. The third kappa shape index (κ3) is 3.51. The maximum atomic E-state index is 12.7. The smallest absolute Gasteiger partial charge is 0.287 e. The Labute approximate surface area is 164 Å². The van der Waals surface area contributed by atoms with E-state index >= 15 is 0 Å². The predicted octanol–water partition coefficient (Wildman–Crippen LogP) is 3.47. The first-order valence-electron chi connectivity index (χ1n) is 9.59. The largest absolute Gasteiger partial charge is 0.450 e. The van der Waals surface area contributed by atoms with Gasteiger partial charge in [0.1, 0.15) is 12.1 Å². The second-order valence-corrected chi connectivity index (χ2v) is 7.60. The van der Waals surface area contributed by atoms with Crippen LogP contribution in [0.4, 0.5) is 0 Å². The van der Waals surface area contributed by atoms with Crippen LogP contribution >= 0.6 is 0 Å². The van der Waals surface area contributed by atoms with Gasteiger partial charge in [0.15, 0.2) is 5.76 Å². The van der Waals surface area contributed by atoms with Crippen molar-refractivity contribution in [3.05, 3.63) is 83.1 Å². The van der Waals surface area contributed by atoms with Gasteiger partial charge in [-0.05, 0) is 17.9 Å². The molecule has 0 saturated heterocycles. The van der Waals surface area contributed by atoms with Crippen LogP contribution in [-0.4, -0.2) is 20.0 Å². The molecule has 2 N–H and O–H groups in total. The summed E-state index contributed by atoms with van der Waals surface area (Å²) in [6.45, 7) is 3.40. The first-order chi connectivity index (χ1) is 13.5. The number of rotatable bonds is 5. The molecule has 3 aromatic carbocycles. The molecule has 1 amide bonds. The molecule has 0 bridgehead atoms. The van der Waals surface area contributed by atoms with Gasteiger partial charge in [0.25, 0.3) is 5.91 Å². The Hall–Kier alpha value is -3.11. The zero-order chi connectivity index (χ0) is 19.7. The van der Waals surface area contributed by atoms with Crippen LogP contribution in [0.25, 0.3) is 21.7 Å². The van der Waals surface area contributed by atoms with E-state index in [-0.39, 0.29) is 5.91 Å². The van der Waals surface area contributed by atoms with Crippen molar-refractivity contribution in [3.63, 3.8) is 0 Å². The Kier molecular flexibility index (Phi) is 4.88. The van der Waals surface area contributed by atoms with E-state index in [9.17, 15) is 4.79 Å². The number of furan rings is 1. The number of carbonyl (C=O) groups excluding carboxylic acids is 1. The molecule has 0 aliphatic heterocycles. The lowest BCUT2D eigenvalue weighted by Crippen LogP contribution is -3.04. The normalized spacial score (nSPS) is 11.4. The lowest BCUT2D eigenvalue weighted by Gasteiger charge is -2.08. The number of nitrogens with one attached hydrogen (secondary N) is 2. The molecule has 0 unspecified atom stereocenters. The van der Waals surface area contributed by atoms with Gasteiger partial charge in [-0.15, -0.1) is 0 Å². The summed E-state index contributed by atoms with van der Waals surface area (Å²) in [5.41, 5.74) is 4.01. The Morgan fingerprint density at radius 1 is 0.929 bits per heavy atom. The third-order valence-electron chi connectivity index (χ3n) is 5.07. The molecule has 0 saturated carbocycles. The maximum Gasteiger partial charge on any atom is 0.287 e. The Balaban J connectivity index is 1.54. The fraction of sp³-hybridized carbons (Fsp3) is 0.208. The SMILES string of the molecule is Cc1c(C(=O)NCc2ccc(C[NH+](C)C)cc2)oc2c1ccc1ccccc12. The van der Waals surface area contributed by atoms with Crippen molar-refractivity contribution < 1.29 is 14.1 Å². The van der Waals surface area contributed by atoms with Crippen LogP contribution in [-0.2, 0) is 13.1 Å². The molecule has 0 aliphatic carbocycles. The highest BCUT2D eigenvalue weighted by Crippen LogP contribution is 2.31. The summed E-state index contributed by atoms with van der Waals surface area (Å²) in [6, 6.07) is 20.5. The Morgan fingerprint density at radius 3 is 2.39 bits per heavy atom. The summed E-state index contributed by atoms with van der Waals surface area (Å²) < 4.78 is 6.01. The summed E-state index contributed by atoms with van der Waals surface area (Å²) in [4.78, 5) is 14.1. The average Bonchev–Trinajstić information content (AvgIpc) is 3.04. The van der Waals surface area contributed by atoms with Gasteiger partial charge >= 0.3 is 0 Å². The standard InChI is InChI=1S/C24H24N2O2/c1-16-20-13-12-19-6-4-5-7-21(19)23(20)28-22(16)24(27)25-14-17-8-10-18(11-9-17)15-26(2)3/h4-13H,14-15H2,1-3H3,(H,25,27)/p+1. The number of aryl methyl sites for hydroxylation is 1. The van der Waals surface area contributed by atoms with E-state index in [4.69, 9.17) is 4.42 Å². The maximum absolute atomic E-state index is 12.7. The summed E-state index contributed by atoms with van der Waals surface area (Å²) in [5.74, 6) is 0.207. The molecule has 0 atom stereocenters. The third-order valence-corrected chi connectivity index (χ3v) is 5.07. The molecule has 0 radical (unpaired) electrons. The second kappa shape index (κ2) is 7.49. The molecule has 4 nitrogen and oxygen atoms in total. The van der Waals surface area contributed by atoms with Gasteiger partial charge < -0.3 is 14.6 Å². The number of fused-ring (bicyclic) bond motifs is 3. The number of benzene rings is 3. The molecule has 0 aliphatic rings. The number of carbonyl (C=O) groups is 1. The monoisotopic (exact) mass is 373 g/mol. The first-order valence-corrected chi connectivity index (χ1v) is 9.59. The number of amides is 1. The van der Waals surface area contributed by atoms with Crippen LogP contribution in [0.3, 0.4) is 0 Å². The summed E-state index contributed by atoms with van der Waals surface area (Å²) >= 11 is 0. The van der Waals surface area contributed by atoms with E-state index < -0.39 is 0 Å². The minimum absolute atomic E-state index is 0.181. The van der Waals surface area contributed by atoms with E-state index in [0.29, 0.717) is 12.3 Å². The van der Waals surface area contributed by atoms with E-state index in [1.54, 1.807) is 0 Å². The van der Waals surface area contributed by atoms with Gasteiger partial charge in [-0.3, -0.25) is 4.79 Å². The van der Waals surface area contributed by atoms with Crippen molar-refractivity contribution >= 4 is 27.6 Å². The average molecular weight is 373 g/mol. The van der Waals surface area contributed by atoms with Crippen LogP contribution < -0.4 is 10.2 Å². The van der Waals surface area contributed by atoms with Gasteiger partial charge in [0.2, 0.25) is 0 Å². The second-order valence-electron chi connectivity index (χ2n) is 7.60. The van der Waals surface area contributed by atoms with Crippen LogP contribution in [0.1, 0.15) is 27.2 Å². The molecule has 4 aromatic rings. The minimum atomic E-state index is -0.181. The zero-order valence-electron chi connectivity index (χ0n) is 16.5. The van der Waals surface area contributed by atoms with E-state index in [2.05, 4.69) is 49.7 Å². The molecule has 0 spiro atoms. The van der Waals surface area contributed by atoms with Crippen molar-refractivity contribution in [2.75, 3.05) is 14.1 Å². The van der Waals surface area contributed by atoms with Crippen molar-refractivity contribution in [2.24, 2.45) is 0 Å². The topological polar surface area (TPSA) is 46.7 Å². The van der Waals surface area contributed by atoms with Gasteiger partial charge in [0, 0.05) is 28.4 Å². The fourth-order valence-corrected chi connectivity index (χ4v) is 3.61. The summed E-state index contributed by atoms with van der Waals surface area (Å²) in [5, 5.41) is 6.11. The first kappa shape index (κ1) is 18.3. The van der Waals surface area contributed by atoms with E-state index in [1.165, 1.54) is 10.5 Å². The highest BCUT2D eigenvalue weighted by Gasteiger charge is 2.18. The highest BCUT2D eigenvalue weighted by molar-refractivity contribution is 6.08. The Bertz CT molecular complexity index is 1140. The molecule has 0 fully saturated rings. The molecule has 28 heavy (non-hydrogen) atoms. The predicted molar refractivity (Wildman–Crippen MR) is 113 cm³/mol. The molecule has 4 rings (SSSR count). The molecule has 4 heteroatoms. The van der Waals surface area contributed by atoms with Gasteiger partial charge in [0.05, 0.1) is 14.1 Å². The highest BCUT2D eigenvalue weighted by atomic mass is 16.3. The van der Waals surface area contributed by atoms with Crippen LogP contribution in [0.15, 0.2) is 65.1 Å². The van der Waals surface area contributed by atoms with Crippen LogP contribution in [0.5, 0.6) is 0 Å². The molecular formula is C24H25N2O2+. The van der Waals surface area contributed by atoms with E-state index in [1.807, 2.05) is 37.3 Å². The summed E-state index contributed by atoms with van der Waals surface area (Å²) in [6.07, 6.45) is 0. The molecular weight excluding hydrogens is 348 g/mol. The van der Waals surface area contributed by atoms with Gasteiger partial charge in [-0.1, -0.05) is 60.7 Å². The minimum Gasteiger partial charge on any atom is -0.450 e. The lowest BCUT2D eigenvalue weighted by molar-refractivity contribution is -0.872. The lowest BCUT2D eigenvalue weighted by atomic mass is 10.1. The molecule has 1 heterocycles. The van der Waals surface area contributed by atoms with Gasteiger partial charge in [-0.2, -0.15) is 0 Å². The Morgan fingerprint density at radius 2 is 1.64 bits per heavy atom.